The molecule has 0 radical (unpaired) electrons. The monoisotopic (exact) mass is 478 g/mol. The lowest BCUT2D eigenvalue weighted by atomic mass is 10.0. The molecule has 0 fully saturated rings. The minimum absolute atomic E-state index is 0.0490. The smallest absolute Gasteiger partial charge is 0.243 e. The van der Waals surface area contributed by atoms with Gasteiger partial charge in [-0.2, -0.15) is 0 Å². The molecule has 0 aliphatic rings. The van der Waals surface area contributed by atoms with Gasteiger partial charge in [-0.3, -0.25) is 9.59 Å². The van der Waals surface area contributed by atoms with Crippen molar-refractivity contribution in [2.75, 3.05) is 17.6 Å². The van der Waals surface area contributed by atoms with Crippen LogP contribution in [0.4, 0.5) is 5.69 Å². The number of amides is 2. The number of hydrogen-bond donors (Lipinski definition) is 3. The van der Waals surface area contributed by atoms with Crippen molar-refractivity contribution >= 4 is 29.3 Å². The second-order valence-corrected chi connectivity index (χ2v) is 10.4. The number of rotatable bonds is 17. The van der Waals surface area contributed by atoms with Crippen LogP contribution in [0.3, 0.4) is 0 Å². The van der Waals surface area contributed by atoms with Crippen molar-refractivity contribution in [3.05, 3.63) is 22.8 Å². The van der Waals surface area contributed by atoms with Gasteiger partial charge in [0.25, 0.3) is 0 Å². The average molecular weight is 479 g/mol. The molecule has 1 rings (SSSR count). The molecule has 188 valence electrons. The van der Waals surface area contributed by atoms with Crippen molar-refractivity contribution < 1.29 is 14.7 Å². The Labute approximate surface area is 205 Å². The number of carbonyl (C=O) groups excluding carboxylic acids is 2. The Bertz CT molecular complexity index is 737. The fourth-order valence-corrected chi connectivity index (χ4v) is 4.99. The standard InChI is InChI=1S/C27H46N2O3S/c1-6-8-9-10-11-12-13-14-15-16-17-33-24(7-2)27(32)28-19-25(30)29-23-18-20(3)26(31)22(5)21(23)4/h18,24,31H,6-17,19H2,1-5H3,(H,28,32)(H,29,30). The number of benzene rings is 1. The molecule has 0 spiro atoms. The van der Waals surface area contributed by atoms with Gasteiger partial charge < -0.3 is 15.7 Å². The fourth-order valence-electron chi connectivity index (χ4n) is 3.87. The second kappa shape index (κ2) is 16.9. The van der Waals surface area contributed by atoms with E-state index in [2.05, 4.69) is 17.6 Å². The minimum Gasteiger partial charge on any atom is -0.507 e. The summed E-state index contributed by atoms with van der Waals surface area (Å²) in [5, 5.41) is 15.5. The molecular weight excluding hydrogens is 432 g/mol. The van der Waals surface area contributed by atoms with Crippen LogP contribution in [-0.2, 0) is 9.59 Å². The summed E-state index contributed by atoms with van der Waals surface area (Å²) in [6, 6.07) is 1.76. The molecule has 0 aliphatic heterocycles. The maximum absolute atomic E-state index is 12.5. The number of hydrogen-bond acceptors (Lipinski definition) is 4. The highest BCUT2D eigenvalue weighted by atomic mass is 32.2. The Hall–Kier alpha value is -1.69. The van der Waals surface area contributed by atoms with Gasteiger partial charge in [0.05, 0.1) is 11.8 Å². The Balaban J connectivity index is 2.24. The van der Waals surface area contributed by atoms with E-state index in [9.17, 15) is 14.7 Å². The third-order valence-electron chi connectivity index (χ3n) is 6.23. The number of thioether (sulfide) groups is 1. The van der Waals surface area contributed by atoms with Gasteiger partial charge in [0.2, 0.25) is 11.8 Å². The highest BCUT2D eigenvalue weighted by Gasteiger charge is 2.18. The van der Waals surface area contributed by atoms with E-state index in [1.54, 1.807) is 24.8 Å². The Morgan fingerprint density at radius 3 is 2.06 bits per heavy atom. The van der Waals surface area contributed by atoms with Crippen molar-refractivity contribution in [1.29, 1.82) is 0 Å². The molecule has 33 heavy (non-hydrogen) atoms. The van der Waals surface area contributed by atoms with Crippen LogP contribution in [0.2, 0.25) is 0 Å². The fraction of sp³-hybridized carbons (Fsp3) is 0.704. The first kappa shape index (κ1) is 29.3. The predicted molar refractivity (Wildman–Crippen MR) is 142 cm³/mol. The van der Waals surface area contributed by atoms with Gasteiger partial charge in [-0.25, -0.2) is 0 Å². The van der Waals surface area contributed by atoms with Crippen molar-refractivity contribution in [1.82, 2.24) is 5.32 Å². The normalized spacial score (nSPS) is 11.9. The molecule has 1 aromatic carbocycles. The van der Waals surface area contributed by atoms with E-state index in [1.165, 1.54) is 57.8 Å². The van der Waals surface area contributed by atoms with E-state index < -0.39 is 0 Å². The van der Waals surface area contributed by atoms with E-state index in [1.807, 2.05) is 20.8 Å². The van der Waals surface area contributed by atoms with E-state index in [-0.39, 0.29) is 29.4 Å². The molecular formula is C27H46N2O3S. The van der Waals surface area contributed by atoms with Gasteiger partial charge in [-0.1, -0.05) is 71.6 Å². The molecule has 3 N–H and O–H groups in total. The minimum atomic E-state index is -0.259. The summed E-state index contributed by atoms with van der Waals surface area (Å²) < 4.78 is 0. The average Bonchev–Trinajstić information content (AvgIpc) is 2.80. The number of phenols is 1. The molecule has 0 aromatic heterocycles. The van der Waals surface area contributed by atoms with Crippen LogP contribution in [0.1, 0.15) is 101 Å². The number of aryl methyl sites for hydroxylation is 1. The maximum Gasteiger partial charge on any atom is 0.243 e. The second-order valence-electron chi connectivity index (χ2n) is 9.06. The van der Waals surface area contributed by atoms with Crippen LogP contribution in [0, 0.1) is 20.8 Å². The van der Waals surface area contributed by atoms with Gasteiger partial charge in [0.1, 0.15) is 5.75 Å². The first-order chi connectivity index (χ1) is 15.8. The molecule has 2 amide bonds. The Kier molecular flexibility index (Phi) is 15.0. The Morgan fingerprint density at radius 2 is 1.48 bits per heavy atom. The molecule has 0 saturated heterocycles. The van der Waals surface area contributed by atoms with E-state index in [4.69, 9.17) is 0 Å². The lowest BCUT2D eigenvalue weighted by Gasteiger charge is -2.16. The molecule has 6 heteroatoms. The van der Waals surface area contributed by atoms with Crippen molar-refractivity contribution in [3.8, 4) is 5.75 Å². The van der Waals surface area contributed by atoms with Crippen LogP contribution in [0.25, 0.3) is 0 Å². The Morgan fingerprint density at radius 1 is 0.909 bits per heavy atom. The number of carbonyl (C=O) groups is 2. The highest BCUT2D eigenvalue weighted by Crippen LogP contribution is 2.30. The van der Waals surface area contributed by atoms with E-state index in [0.717, 1.165) is 29.7 Å². The van der Waals surface area contributed by atoms with E-state index in [0.29, 0.717) is 11.3 Å². The molecule has 1 aromatic rings. The third-order valence-corrected chi connectivity index (χ3v) is 7.71. The summed E-state index contributed by atoms with van der Waals surface area (Å²) in [4.78, 5) is 24.9. The predicted octanol–water partition coefficient (Wildman–Crippen LogP) is 6.80. The van der Waals surface area contributed by atoms with Crippen molar-refractivity contribution in [2.24, 2.45) is 0 Å². The number of unbranched alkanes of at least 4 members (excludes halogenated alkanes) is 9. The summed E-state index contributed by atoms with van der Waals surface area (Å²) >= 11 is 1.70. The molecule has 0 bridgehead atoms. The third kappa shape index (κ3) is 11.3. The summed E-state index contributed by atoms with van der Waals surface area (Å²) in [6.07, 6.45) is 13.9. The number of phenolic OH excluding ortho intramolecular Hbond substituents is 1. The van der Waals surface area contributed by atoms with Gasteiger partial charge in [-0.15, -0.1) is 11.8 Å². The molecule has 0 aliphatic carbocycles. The van der Waals surface area contributed by atoms with Gasteiger partial charge in [0, 0.05) is 5.69 Å². The quantitative estimate of drug-likeness (QED) is 0.170. The lowest BCUT2D eigenvalue weighted by molar-refractivity contribution is -0.123. The number of anilines is 1. The molecule has 0 saturated carbocycles. The number of nitrogens with one attached hydrogen (secondary N) is 2. The zero-order valence-electron chi connectivity index (χ0n) is 21.5. The van der Waals surface area contributed by atoms with Gasteiger partial charge in [0.15, 0.2) is 0 Å². The zero-order chi connectivity index (χ0) is 24.6. The first-order valence-corrected chi connectivity index (χ1v) is 13.9. The molecule has 1 unspecified atom stereocenters. The molecule has 1 atom stereocenters. The molecule has 0 heterocycles. The number of aromatic hydroxyl groups is 1. The largest absolute Gasteiger partial charge is 0.507 e. The summed E-state index contributed by atoms with van der Waals surface area (Å²) in [5.74, 6) is 0.911. The van der Waals surface area contributed by atoms with Crippen LogP contribution in [-0.4, -0.2) is 34.5 Å². The van der Waals surface area contributed by atoms with Crippen molar-refractivity contribution in [2.45, 2.75) is 110 Å². The highest BCUT2D eigenvalue weighted by molar-refractivity contribution is 8.00. The maximum atomic E-state index is 12.5. The molecule has 5 nitrogen and oxygen atoms in total. The van der Waals surface area contributed by atoms with E-state index >= 15 is 0 Å². The van der Waals surface area contributed by atoms with Crippen LogP contribution < -0.4 is 10.6 Å². The summed E-state index contributed by atoms with van der Waals surface area (Å²) in [7, 11) is 0. The lowest BCUT2D eigenvalue weighted by Crippen LogP contribution is -2.38. The summed E-state index contributed by atoms with van der Waals surface area (Å²) in [5.41, 5.74) is 2.97. The first-order valence-electron chi connectivity index (χ1n) is 12.8. The SMILES string of the molecule is CCCCCCCCCCCCSC(CC)C(=O)NCC(=O)Nc1cc(C)c(O)c(C)c1C. The van der Waals surface area contributed by atoms with Crippen LogP contribution in [0.5, 0.6) is 5.75 Å². The zero-order valence-corrected chi connectivity index (χ0v) is 22.3. The topological polar surface area (TPSA) is 78.4 Å². The van der Waals surface area contributed by atoms with Gasteiger partial charge >= 0.3 is 0 Å². The van der Waals surface area contributed by atoms with Crippen LogP contribution >= 0.6 is 11.8 Å². The van der Waals surface area contributed by atoms with Crippen LogP contribution in [0.15, 0.2) is 6.07 Å². The van der Waals surface area contributed by atoms with Crippen molar-refractivity contribution in [3.63, 3.8) is 0 Å². The summed E-state index contributed by atoms with van der Waals surface area (Å²) in [6.45, 7) is 9.71. The van der Waals surface area contributed by atoms with Gasteiger partial charge in [-0.05, 0) is 62.1 Å².